The van der Waals surface area contributed by atoms with Crippen LogP contribution in [0.3, 0.4) is 0 Å². The minimum atomic E-state index is -1.19. The normalized spacial score (nSPS) is 13.2. The van der Waals surface area contributed by atoms with Crippen LogP contribution in [-0.2, 0) is 9.59 Å². The summed E-state index contributed by atoms with van der Waals surface area (Å²) in [6.45, 7) is 3.78. The summed E-state index contributed by atoms with van der Waals surface area (Å²) < 4.78 is 6.55. The Balaban J connectivity index is 2.22. The molecule has 0 aliphatic rings. The van der Waals surface area contributed by atoms with Crippen LogP contribution in [0, 0.1) is 0 Å². The predicted molar refractivity (Wildman–Crippen MR) is 88.0 cm³/mol. The summed E-state index contributed by atoms with van der Waals surface area (Å²) in [5.74, 6) is -0.464. The SMILES string of the molecule is CCC(C)(NC(=O)CCCCOc1ccc(Br)cc1)C(=O)O. The van der Waals surface area contributed by atoms with Crippen LogP contribution in [0.2, 0.25) is 0 Å². The number of carbonyl (C=O) groups is 2. The number of rotatable bonds is 9. The topological polar surface area (TPSA) is 75.6 Å². The molecule has 1 unspecified atom stereocenters. The van der Waals surface area contributed by atoms with Crippen molar-refractivity contribution in [1.29, 1.82) is 0 Å². The zero-order chi connectivity index (χ0) is 16.6. The van der Waals surface area contributed by atoms with Gasteiger partial charge in [0, 0.05) is 10.9 Å². The standard InChI is InChI=1S/C16H22BrNO4/c1-3-16(2,15(20)21)18-14(19)6-4-5-11-22-13-9-7-12(17)8-10-13/h7-10H,3-6,11H2,1-2H3,(H,18,19)(H,20,21). The van der Waals surface area contributed by atoms with E-state index in [0.717, 1.165) is 16.6 Å². The molecule has 0 saturated carbocycles. The van der Waals surface area contributed by atoms with Gasteiger partial charge in [0.05, 0.1) is 6.61 Å². The molecule has 0 fully saturated rings. The minimum Gasteiger partial charge on any atom is -0.494 e. The highest BCUT2D eigenvalue weighted by Gasteiger charge is 2.32. The molecule has 0 bridgehead atoms. The van der Waals surface area contributed by atoms with E-state index in [-0.39, 0.29) is 5.91 Å². The molecule has 0 aliphatic heterocycles. The third-order valence-electron chi connectivity index (χ3n) is 3.47. The summed E-state index contributed by atoms with van der Waals surface area (Å²) >= 11 is 3.35. The second kappa shape index (κ2) is 8.78. The van der Waals surface area contributed by atoms with Crippen LogP contribution in [0.15, 0.2) is 28.7 Å². The van der Waals surface area contributed by atoms with Crippen molar-refractivity contribution in [1.82, 2.24) is 5.32 Å². The number of benzene rings is 1. The summed E-state index contributed by atoms with van der Waals surface area (Å²) in [5, 5.41) is 11.7. The highest BCUT2D eigenvalue weighted by molar-refractivity contribution is 9.10. The van der Waals surface area contributed by atoms with E-state index in [0.29, 0.717) is 25.9 Å². The Bertz CT molecular complexity index is 503. The van der Waals surface area contributed by atoms with Gasteiger partial charge < -0.3 is 15.2 Å². The number of ether oxygens (including phenoxy) is 1. The van der Waals surface area contributed by atoms with E-state index >= 15 is 0 Å². The number of hydrogen-bond donors (Lipinski definition) is 2. The van der Waals surface area contributed by atoms with Gasteiger partial charge in [-0.3, -0.25) is 4.79 Å². The summed E-state index contributed by atoms with van der Waals surface area (Å²) in [5.41, 5.74) is -1.19. The van der Waals surface area contributed by atoms with Gasteiger partial charge in [-0.1, -0.05) is 22.9 Å². The molecule has 1 atom stereocenters. The number of unbranched alkanes of at least 4 members (excludes halogenated alkanes) is 1. The first-order valence-corrected chi connectivity index (χ1v) is 8.09. The van der Waals surface area contributed by atoms with Gasteiger partial charge in [-0.2, -0.15) is 0 Å². The van der Waals surface area contributed by atoms with Crippen LogP contribution in [0.4, 0.5) is 0 Å². The van der Waals surface area contributed by atoms with Crippen LogP contribution >= 0.6 is 15.9 Å². The molecule has 1 amide bonds. The van der Waals surface area contributed by atoms with Gasteiger partial charge in [0.25, 0.3) is 0 Å². The van der Waals surface area contributed by atoms with Crippen LogP contribution in [-0.4, -0.2) is 29.1 Å². The fourth-order valence-electron chi connectivity index (χ4n) is 1.77. The number of hydrogen-bond acceptors (Lipinski definition) is 3. The predicted octanol–water partition coefficient (Wildman–Crippen LogP) is 3.37. The Hall–Kier alpha value is -1.56. The van der Waals surface area contributed by atoms with Gasteiger partial charge in [-0.25, -0.2) is 4.79 Å². The maximum absolute atomic E-state index is 11.8. The summed E-state index contributed by atoms with van der Waals surface area (Å²) in [7, 11) is 0. The average Bonchev–Trinajstić information content (AvgIpc) is 2.48. The van der Waals surface area contributed by atoms with Crippen LogP contribution in [0.1, 0.15) is 39.5 Å². The Labute approximate surface area is 139 Å². The fourth-order valence-corrected chi connectivity index (χ4v) is 2.04. The van der Waals surface area contributed by atoms with Crippen molar-refractivity contribution in [2.45, 2.75) is 45.1 Å². The smallest absolute Gasteiger partial charge is 0.329 e. The van der Waals surface area contributed by atoms with E-state index in [9.17, 15) is 9.59 Å². The zero-order valence-electron chi connectivity index (χ0n) is 12.9. The highest BCUT2D eigenvalue weighted by atomic mass is 79.9. The first-order valence-electron chi connectivity index (χ1n) is 7.30. The second-order valence-corrected chi connectivity index (χ2v) is 6.21. The monoisotopic (exact) mass is 371 g/mol. The molecule has 122 valence electrons. The molecule has 0 heterocycles. The van der Waals surface area contributed by atoms with Crippen molar-refractivity contribution in [2.24, 2.45) is 0 Å². The summed E-state index contributed by atoms with van der Waals surface area (Å²) in [6, 6.07) is 7.55. The molecule has 0 aliphatic carbocycles. The minimum absolute atomic E-state index is 0.240. The highest BCUT2D eigenvalue weighted by Crippen LogP contribution is 2.16. The van der Waals surface area contributed by atoms with E-state index in [2.05, 4.69) is 21.2 Å². The van der Waals surface area contributed by atoms with Gasteiger partial charge in [0.2, 0.25) is 5.91 Å². The van der Waals surface area contributed by atoms with Crippen molar-refractivity contribution in [3.8, 4) is 5.75 Å². The molecular formula is C16H22BrNO4. The lowest BCUT2D eigenvalue weighted by Crippen LogP contribution is -2.51. The lowest BCUT2D eigenvalue weighted by Gasteiger charge is -2.24. The Morgan fingerprint density at radius 3 is 2.45 bits per heavy atom. The van der Waals surface area contributed by atoms with Crippen LogP contribution in [0.5, 0.6) is 5.75 Å². The Kier molecular flexibility index (Phi) is 7.38. The van der Waals surface area contributed by atoms with Crippen LogP contribution in [0.25, 0.3) is 0 Å². The third-order valence-corrected chi connectivity index (χ3v) is 4.00. The van der Waals surface area contributed by atoms with Crippen LogP contribution < -0.4 is 10.1 Å². The quantitative estimate of drug-likeness (QED) is 0.652. The van der Waals surface area contributed by atoms with E-state index in [4.69, 9.17) is 9.84 Å². The number of nitrogens with one attached hydrogen (secondary N) is 1. The van der Waals surface area contributed by atoms with E-state index in [1.54, 1.807) is 6.92 Å². The lowest BCUT2D eigenvalue weighted by atomic mass is 9.99. The van der Waals surface area contributed by atoms with Gasteiger partial charge in [0.1, 0.15) is 11.3 Å². The molecule has 6 heteroatoms. The molecule has 22 heavy (non-hydrogen) atoms. The molecule has 5 nitrogen and oxygen atoms in total. The number of aliphatic carboxylic acids is 1. The second-order valence-electron chi connectivity index (χ2n) is 5.30. The van der Waals surface area contributed by atoms with Crippen molar-refractivity contribution < 1.29 is 19.4 Å². The maximum atomic E-state index is 11.8. The van der Waals surface area contributed by atoms with Gasteiger partial charge in [-0.05, 0) is 50.5 Å². The maximum Gasteiger partial charge on any atom is 0.329 e. The molecule has 0 saturated heterocycles. The first-order chi connectivity index (χ1) is 10.4. The molecule has 0 radical (unpaired) electrons. The van der Waals surface area contributed by atoms with Crippen molar-refractivity contribution >= 4 is 27.8 Å². The van der Waals surface area contributed by atoms with E-state index in [1.165, 1.54) is 6.92 Å². The molecule has 2 N–H and O–H groups in total. The molecule has 1 aromatic carbocycles. The molecule has 1 aromatic rings. The summed E-state index contributed by atoms with van der Waals surface area (Å²) in [4.78, 5) is 22.9. The van der Waals surface area contributed by atoms with Crippen molar-refractivity contribution in [3.05, 3.63) is 28.7 Å². The lowest BCUT2D eigenvalue weighted by molar-refractivity contribution is -0.147. The fraction of sp³-hybridized carbons (Fsp3) is 0.500. The zero-order valence-corrected chi connectivity index (χ0v) is 14.5. The summed E-state index contributed by atoms with van der Waals surface area (Å²) in [6.07, 6.45) is 2.04. The van der Waals surface area contributed by atoms with Gasteiger partial charge in [-0.15, -0.1) is 0 Å². The Morgan fingerprint density at radius 2 is 1.91 bits per heavy atom. The third kappa shape index (κ3) is 6.05. The van der Waals surface area contributed by atoms with E-state index < -0.39 is 11.5 Å². The number of carboxylic acid groups (broad SMARTS) is 1. The van der Waals surface area contributed by atoms with E-state index in [1.807, 2.05) is 24.3 Å². The van der Waals surface area contributed by atoms with Gasteiger partial charge >= 0.3 is 5.97 Å². The number of amides is 1. The molecule has 0 spiro atoms. The average molecular weight is 372 g/mol. The largest absolute Gasteiger partial charge is 0.494 e. The molecular weight excluding hydrogens is 350 g/mol. The number of carboxylic acids is 1. The van der Waals surface area contributed by atoms with Gasteiger partial charge in [0.15, 0.2) is 0 Å². The molecule has 0 aromatic heterocycles. The number of halogens is 1. The Morgan fingerprint density at radius 1 is 1.27 bits per heavy atom. The number of carbonyl (C=O) groups excluding carboxylic acids is 1. The van der Waals surface area contributed by atoms with Crippen molar-refractivity contribution in [2.75, 3.05) is 6.61 Å². The molecule has 1 rings (SSSR count). The van der Waals surface area contributed by atoms with Crippen molar-refractivity contribution in [3.63, 3.8) is 0 Å². The first kappa shape index (κ1) is 18.5.